The van der Waals surface area contributed by atoms with Crippen LogP contribution in [-0.2, 0) is 0 Å². The lowest BCUT2D eigenvalue weighted by Crippen LogP contribution is -2.00. The Balaban J connectivity index is 2.61. The lowest BCUT2D eigenvalue weighted by molar-refractivity contribution is 1.07. The van der Waals surface area contributed by atoms with E-state index in [-0.39, 0.29) is 0 Å². The Kier molecular flexibility index (Phi) is 4.03. The summed E-state index contributed by atoms with van der Waals surface area (Å²) in [7, 11) is 0. The van der Waals surface area contributed by atoms with Crippen LogP contribution in [0.15, 0.2) is 35.3 Å². The van der Waals surface area contributed by atoms with E-state index in [0.717, 1.165) is 23.1 Å². The maximum absolute atomic E-state index is 3.68. The molecule has 1 N–H and O–H groups in total. The maximum atomic E-state index is 3.68. The fraction of sp³-hybridized carbons (Fsp3) is 0.273. The first-order valence-electron chi connectivity index (χ1n) is 4.35. The Hall–Kier alpha value is -0.760. The van der Waals surface area contributed by atoms with Crippen LogP contribution in [0.5, 0.6) is 0 Å². The molecule has 1 nitrogen and oxygen atoms in total. The van der Waals surface area contributed by atoms with Crippen LogP contribution in [0.1, 0.15) is 12.0 Å². The van der Waals surface area contributed by atoms with E-state index in [9.17, 15) is 0 Å². The summed E-state index contributed by atoms with van der Waals surface area (Å²) in [4.78, 5) is 0. The minimum atomic E-state index is 0.936. The molecule has 0 bridgehead atoms. The third-order valence-electron chi connectivity index (χ3n) is 1.79. The van der Waals surface area contributed by atoms with E-state index in [2.05, 4.69) is 52.9 Å². The lowest BCUT2D eigenvalue weighted by Gasteiger charge is -2.07. The molecule has 0 saturated heterocycles. The normalized spacial score (nSPS) is 9.69. The molecule has 2 heteroatoms. The van der Waals surface area contributed by atoms with Gasteiger partial charge in [-0.05, 0) is 47.0 Å². The first-order chi connectivity index (χ1) is 6.24. The summed E-state index contributed by atoms with van der Waals surface area (Å²) in [5.41, 5.74) is 2.41. The molecule has 1 rings (SSSR count). The average Bonchev–Trinajstić information content (AvgIpc) is 2.09. The Morgan fingerprint density at radius 3 is 2.92 bits per heavy atom. The highest BCUT2D eigenvalue weighted by Crippen LogP contribution is 2.23. The molecule has 0 fully saturated rings. The molecule has 1 aromatic rings. The highest BCUT2D eigenvalue weighted by molar-refractivity contribution is 9.10. The van der Waals surface area contributed by atoms with Crippen molar-refractivity contribution in [3.8, 4) is 0 Å². The Morgan fingerprint density at radius 2 is 2.31 bits per heavy atom. The molecule has 0 aliphatic rings. The van der Waals surface area contributed by atoms with Gasteiger partial charge in [0.2, 0.25) is 0 Å². The molecule has 0 atom stereocenters. The standard InChI is InChI=1S/C11H14BrN/c1-3-4-7-13-11-6-5-9(2)8-10(11)12/h3,5-6,8,13H,1,4,7H2,2H3. The largest absolute Gasteiger partial charge is 0.384 e. The van der Waals surface area contributed by atoms with Gasteiger partial charge in [-0.25, -0.2) is 0 Å². The van der Waals surface area contributed by atoms with Crippen molar-refractivity contribution in [2.24, 2.45) is 0 Å². The predicted octanol–water partition coefficient (Wildman–Crippen LogP) is 3.75. The Labute approximate surface area is 88.0 Å². The zero-order valence-electron chi connectivity index (χ0n) is 7.81. The van der Waals surface area contributed by atoms with Crippen LogP contribution < -0.4 is 5.32 Å². The number of hydrogen-bond acceptors (Lipinski definition) is 1. The minimum absolute atomic E-state index is 0.936. The quantitative estimate of drug-likeness (QED) is 0.624. The first kappa shape index (κ1) is 10.3. The van der Waals surface area contributed by atoms with Gasteiger partial charge in [-0.2, -0.15) is 0 Å². The molecule has 0 amide bonds. The predicted molar refractivity (Wildman–Crippen MR) is 62.2 cm³/mol. The Morgan fingerprint density at radius 1 is 1.54 bits per heavy atom. The summed E-state index contributed by atoms with van der Waals surface area (Å²) in [5, 5.41) is 3.32. The van der Waals surface area contributed by atoms with Gasteiger partial charge in [0.1, 0.15) is 0 Å². The minimum Gasteiger partial charge on any atom is -0.384 e. The number of rotatable bonds is 4. The van der Waals surface area contributed by atoms with Gasteiger partial charge >= 0.3 is 0 Å². The van der Waals surface area contributed by atoms with Crippen molar-refractivity contribution in [3.63, 3.8) is 0 Å². The Bertz CT molecular complexity index is 294. The van der Waals surface area contributed by atoms with Gasteiger partial charge in [-0.1, -0.05) is 12.1 Å². The van der Waals surface area contributed by atoms with E-state index in [4.69, 9.17) is 0 Å². The first-order valence-corrected chi connectivity index (χ1v) is 5.14. The molecular weight excluding hydrogens is 226 g/mol. The second-order valence-corrected chi connectivity index (χ2v) is 3.84. The van der Waals surface area contributed by atoms with Crippen LogP contribution in [0.3, 0.4) is 0 Å². The number of benzene rings is 1. The molecule has 0 radical (unpaired) electrons. The molecule has 0 saturated carbocycles. The van der Waals surface area contributed by atoms with Gasteiger partial charge in [0.25, 0.3) is 0 Å². The summed E-state index contributed by atoms with van der Waals surface area (Å²) in [6, 6.07) is 6.29. The molecule has 13 heavy (non-hydrogen) atoms. The summed E-state index contributed by atoms with van der Waals surface area (Å²) in [6.45, 7) is 6.69. The van der Waals surface area contributed by atoms with Gasteiger partial charge in [0.05, 0.1) is 0 Å². The molecule has 1 aromatic carbocycles. The number of halogens is 1. The molecule has 0 aromatic heterocycles. The SMILES string of the molecule is C=CCCNc1ccc(C)cc1Br. The molecule has 0 aliphatic carbocycles. The van der Waals surface area contributed by atoms with Crippen LogP contribution in [0.2, 0.25) is 0 Å². The zero-order valence-corrected chi connectivity index (χ0v) is 9.39. The van der Waals surface area contributed by atoms with E-state index in [1.165, 1.54) is 5.56 Å². The van der Waals surface area contributed by atoms with E-state index in [1.54, 1.807) is 0 Å². The maximum Gasteiger partial charge on any atom is 0.0484 e. The van der Waals surface area contributed by atoms with Gasteiger partial charge in [0, 0.05) is 16.7 Å². The fourth-order valence-electron chi connectivity index (χ4n) is 1.07. The van der Waals surface area contributed by atoms with Crippen LogP contribution in [-0.4, -0.2) is 6.54 Å². The number of aryl methyl sites for hydroxylation is 1. The van der Waals surface area contributed by atoms with Crippen LogP contribution in [0.25, 0.3) is 0 Å². The number of anilines is 1. The van der Waals surface area contributed by atoms with Crippen molar-refractivity contribution in [1.82, 2.24) is 0 Å². The smallest absolute Gasteiger partial charge is 0.0484 e. The molecule has 0 heterocycles. The second kappa shape index (κ2) is 5.07. The van der Waals surface area contributed by atoms with E-state index in [1.807, 2.05) is 6.08 Å². The third-order valence-corrected chi connectivity index (χ3v) is 2.44. The molecular formula is C11H14BrN. The van der Waals surface area contributed by atoms with Crippen LogP contribution in [0.4, 0.5) is 5.69 Å². The fourth-order valence-corrected chi connectivity index (χ4v) is 1.71. The van der Waals surface area contributed by atoms with E-state index >= 15 is 0 Å². The molecule has 0 aliphatic heterocycles. The summed E-state index contributed by atoms with van der Waals surface area (Å²) < 4.78 is 1.12. The lowest BCUT2D eigenvalue weighted by atomic mass is 10.2. The topological polar surface area (TPSA) is 12.0 Å². The van der Waals surface area contributed by atoms with Crippen molar-refractivity contribution in [1.29, 1.82) is 0 Å². The van der Waals surface area contributed by atoms with Gasteiger partial charge in [-0.15, -0.1) is 6.58 Å². The zero-order chi connectivity index (χ0) is 9.68. The monoisotopic (exact) mass is 239 g/mol. The van der Waals surface area contributed by atoms with E-state index in [0.29, 0.717) is 0 Å². The van der Waals surface area contributed by atoms with Gasteiger partial charge < -0.3 is 5.32 Å². The van der Waals surface area contributed by atoms with Gasteiger partial charge in [0.15, 0.2) is 0 Å². The molecule has 70 valence electrons. The number of hydrogen-bond donors (Lipinski definition) is 1. The van der Waals surface area contributed by atoms with Crippen LogP contribution >= 0.6 is 15.9 Å². The van der Waals surface area contributed by atoms with Crippen molar-refractivity contribution in [3.05, 3.63) is 40.9 Å². The molecule has 0 spiro atoms. The average molecular weight is 240 g/mol. The molecule has 0 unspecified atom stereocenters. The summed E-state index contributed by atoms with van der Waals surface area (Å²) >= 11 is 3.51. The van der Waals surface area contributed by atoms with E-state index < -0.39 is 0 Å². The highest BCUT2D eigenvalue weighted by atomic mass is 79.9. The number of nitrogens with one attached hydrogen (secondary N) is 1. The van der Waals surface area contributed by atoms with Crippen molar-refractivity contribution in [2.45, 2.75) is 13.3 Å². The van der Waals surface area contributed by atoms with Crippen LogP contribution in [0, 0.1) is 6.92 Å². The van der Waals surface area contributed by atoms with Crippen molar-refractivity contribution >= 4 is 21.6 Å². The summed E-state index contributed by atoms with van der Waals surface area (Å²) in [6.07, 6.45) is 2.90. The van der Waals surface area contributed by atoms with Crippen molar-refractivity contribution < 1.29 is 0 Å². The van der Waals surface area contributed by atoms with Crippen molar-refractivity contribution in [2.75, 3.05) is 11.9 Å². The second-order valence-electron chi connectivity index (χ2n) is 2.99. The summed E-state index contributed by atoms with van der Waals surface area (Å²) in [5.74, 6) is 0. The van der Waals surface area contributed by atoms with Gasteiger partial charge in [-0.3, -0.25) is 0 Å². The third kappa shape index (κ3) is 3.23. The highest BCUT2D eigenvalue weighted by Gasteiger charge is 1.97.